The number of hydrogen-bond acceptors (Lipinski definition) is 6. The molecule has 2 unspecified atom stereocenters. The molecule has 1 saturated carbocycles. The average molecular weight is 485 g/mol. The van der Waals surface area contributed by atoms with Crippen molar-refractivity contribution in [2.24, 2.45) is 11.7 Å². The first kappa shape index (κ1) is 24.3. The van der Waals surface area contributed by atoms with E-state index in [-0.39, 0.29) is 6.04 Å². The lowest BCUT2D eigenvalue weighted by Gasteiger charge is -2.30. The molecular formula is C28H36N8. The monoisotopic (exact) mass is 484 g/mol. The lowest BCUT2D eigenvalue weighted by Crippen LogP contribution is -2.30. The molecule has 0 spiro atoms. The Balaban J connectivity index is 1.39. The van der Waals surface area contributed by atoms with E-state index < -0.39 is 0 Å². The van der Waals surface area contributed by atoms with Gasteiger partial charge in [-0.3, -0.25) is 0 Å². The van der Waals surface area contributed by atoms with Crippen LogP contribution in [0.3, 0.4) is 0 Å². The Morgan fingerprint density at radius 2 is 1.72 bits per heavy atom. The molecule has 0 saturated heterocycles. The van der Waals surface area contributed by atoms with Gasteiger partial charge < -0.3 is 5.73 Å². The molecule has 2 aromatic carbocycles. The van der Waals surface area contributed by atoms with Crippen LogP contribution < -0.4 is 5.73 Å². The van der Waals surface area contributed by atoms with Crippen molar-refractivity contribution in [2.45, 2.75) is 77.3 Å². The van der Waals surface area contributed by atoms with Gasteiger partial charge in [0.1, 0.15) is 5.82 Å². The zero-order valence-electron chi connectivity index (χ0n) is 21.4. The second-order valence-electron chi connectivity index (χ2n) is 10.2. The predicted molar refractivity (Wildman–Crippen MR) is 141 cm³/mol. The quantitative estimate of drug-likeness (QED) is 0.351. The van der Waals surface area contributed by atoms with Gasteiger partial charge in [-0.1, -0.05) is 62.4 Å². The zero-order chi connectivity index (χ0) is 25.1. The summed E-state index contributed by atoms with van der Waals surface area (Å²) in [6, 6.07) is 17.1. The third-order valence-electron chi connectivity index (χ3n) is 7.76. The lowest BCUT2D eigenvalue weighted by molar-refractivity contribution is 0.282. The highest BCUT2D eigenvalue weighted by molar-refractivity contribution is 5.80. The molecule has 0 radical (unpaired) electrons. The number of tetrazole rings is 1. The van der Waals surface area contributed by atoms with Crippen molar-refractivity contribution in [3.63, 3.8) is 0 Å². The number of benzene rings is 2. The Labute approximate surface area is 212 Å². The van der Waals surface area contributed by atoms with E-state index in [1.165, 1.54) is 18.4 Å². The van der Waals surface area contributed by atoms with E-state index in [9.17, 15) is 0 Å². The van der Waals surface area contributed by atoms with Crippen molar-refractivity contribution >= 4 is 0 Å². The highest BCUT2D eigenvalue weighted by atomic mass is 15.5. The van der Waals surface area contributed by atoms with E-state index in [2.05, 4.69) is 76.4 Å². The molecule has 2 heterocycles. The highest BCUT2D eigenvalue weighted by Gasteiger charge is 2.29. The van der Waals surface area contributed by atoms with E-state index in [0.29, 0.717) is 23.6 Å². The van der Waals surface area contributed by atoms with Crippen LogP contribution >= 0.6 is 0 Å². The highest BCUT2D eigenvalue weighted by Crippen LogP contribution is 2.37. The van der Waals surface area contributed by atoms with Gasteiger partial charge in [0.25, 0.3) is 0 Å². The summed E-state index contributed by atoms with van der Waals surface area (Å²) in [4.78, 5) is 5.07. The summed E-state index contributed by atoms with van der Waals surface area (Å²) in [5.74, 6) is 4.13. The van der Waals surface area contributed by atoms with Crippen LogP contribution in [0.2, 0.25) is 0 Å². The predicted octanol–water partition coefficient (Wildman–Crippen LogP) is 5.31. The standard InChI is InChI=1S/C28H36N8/c1-4-18(2)26-30-28(23-15-13-21(14-16-23)19(3)29)36(33-26)17-20-9-11-22(12-10-20)24-7-5-6-8-25(24)27-31-34-35-32-27/h5-12,18-19,21,23H,4,13-17,29H2,1-3H3,(H,31,32,34,35). The molecule has 8 heteroatoms. The minimum atomic E-state index is 0.267. The molecule has 8 nitrogen and oxygen atoms in total. The van der Waals surface area contributed by atoms with Gasteiger partial charge in [-0.15, -0.1) is 10.2 Å². The smallest absolute Gasteiger partial charge is 0.205 e. The second-order valence-corrected chi connectivity index (χ2v) is 10.2. The molecular weight excluding hydrogens is 448 g/mol. The molecule has 4 aromatic rings. The number of H-pyrrole nitrogens is 1. The van der Waals surface area contributed by atoms with E-state index in [1.54, 1.807) is 0 Å². The fourth-order valence-corrected chi connectivity index (χ4v) is 5.25. The number of aromatic nitrogens is 7. The molecule has 3 N–H and O–H groups in total. The summed E-state index contributed by atoms with van der Waals surface area (Å²) in [5, 5.41) is 19.6. The first-order chi connectivity index (χ1) is 17.5. The lowest BCUT2D eigenvalue weighted by atomic mass is 9.79. The van der Waals surface area contributed by atoms with Crippen LogP contribution in [0.25, 0.3) is 22.5 Å². The van der Waals surface area contributed by atoms with E-state index in [0.717, 1.165) is 54.1 Å². The van der Waals surface area contributed by atoms with E-state index >= 15 is 0 Å². The van der Waals surface area contributed by atoms with Crippen LogP contribution in [0.5, 0.6) is 0 Å². The maximum Gasteiger partial charge on any atom is 0.205 e. The Bertz CT molecular complexity index is 1250. The van der Waals surface area contributed by atoms with Crippen molar-refractivity contribution in [3.8, 4) is 22.5 Å². The average Bonchev–Trinajstić information content (AvgIpc) is 3.60. The molecule has 0 amide bonds. The fourth-order valence-electron chi connectivity index (χ4n) is 5.25. The first-order valence-electron chi connectivity index (χ1n) is 13.2. The number of nitrogens with one attached hydrogen (secondary N) is 1. The van der Waals surface area contributed by atoms with Crippen molar-refractivity contribution in [3.05, 3.63) is 65.7 Å². The molecule has 0 bridgehead atoms. The molecule has 1 aliphatic carbocycles. The molecule has 1 aliphatic rings. The molecule has 188 valence electrons. The fraction of sp³-hybridized carbons (Fsp3) is 0.464. The largest absolute Gasteiger partial charge is 0.328 e. The van der Waals surface area contributed by atoms with Gasteiger partial charge in [0, 0.05) is 23.4 Å². The maximum absolute atomic E-state index is 6.19. The van der Waals surface area contributed by atoms with Gasteiger partial charge in [-0.05, 0) is 66.8 Å². The van der Waals surface area contributed by atoms with Crippen LogP contribution in [0.4, 0.5) is 0 Å². The van der Waals surface area contributed by atoms with Crippen LogP contribution in [-0.4, -0.2) is 41.4 Å². The number of nitrogens with two attached hydrogens (primary N) is 1. The summed E-state index contributed by atoms with van der Waals surface area (Å²) < 4.78 is 2.15. The number of nitrogens with zero attached hydrogens (tertiary/aromatic N) is 6. The third kappa shape index (κ3) is 5.09. The van der Waals surface area contributed by atoms with Gasteiger partial charge in [0.15, 0.2) is 5.82 Å². The van der Waals surface area contributed by atoms with Crippen molar-refractivity contribution in [1.82, 2.24) is 35.4 Å². The summed E-state index contributed by atoms with van der Waals surface area (Å²) in [6.45, 7) is 7.27. The molecule has 2 atom stereocenters. The summed E-state index contributed by atoms with van der Waals surface area (Å²) in [5.41, 5.74) is 10.6. The van der Waals surface area contributed by atoms with Crippen LogP contribution in [0.15, 0.2) is 48.5 Å². The molecule has 0 aliphatic heterocycles. The van der Waals surface area contributed by atoms with Crippen LogP contribution in [0, 0.1) is 5.92 Å². The topological polar surface area (TPSA) is 111 Å². The molecule has 2 aromatic heterocycles. The summed E-state index contributed by atoms with van der Waals surface area (Å²) >= 11 is 0. The van der Waals surface area contributed by atoms with Crippen molar-refractivity contribution in [2.75, 3.05) is 0 Å². The second kappa shape index (κ2) is 10.7. The summed E-state index contributed by atoms with van der Waals surface area (Å²) in [6.07, 6.45) is 5.65. The van der Waals surface area contributed by atoms with Crippen molar-refractivity contribution in [1.29, 1.82) is 0 Å². The van der Waals surface area contributed by atoms with Gasteiger partial charge >= 0.3 is 0 Å². The van der Waals surface area contributed by atoms with Gasteiger partial charge in [0.2, 0.25) is 5.82 Å². The Morgan fingerprint density at radius 1 is 1.00 bits per heavy atom. The van der Waals surface area contributed by atoms with E-state index in [4.69, 9.17) is 15.8 Å². The van der Waals surface area contributed by atoms with Gasteiger partial charge in [-0.25, -0.2) is 9.67 Å². The minimum Gasteiger partial charge on any atom is -0.328 e. The maximum atomic E-state index is 6.19. The number of rotatable bonds is 8. The van der Waals surface area contributed by atoms with Crippen LogP contribution in [0.1, 0.15) is 81.9 Å². The first-order valence-corrected chi connectivity index (χ1v) is 13.2. The molecule has 5 rings (SSSR count). The van der Waals surface area contributed by atoms with Crippen molar-refractivity contribution < 1.29 is 0 Å². The van der Waals surface area contributed by atoms with E-state index in [1.807, 2.05) is 18.2 Å². The Morgan fingerprint density at radius 3 is 2.36 bits per heavy atom. The minimum absolute atomic E-state index is 0.267. The van der Waals surface area contributed by atoms with Gasteiger partial charge in [-0.2, -0.15) is 10.3 Å². The van der Waals surface area contributed by atoms with Gasteiger partial charge in [0.05, 0.1) is 6.54 Å². The summed E-state index contributed by atoms with van der Waals surface area (Å²) in [7, 11) is 0. The SMILES string of the molecule is CCC(C)c1nc(C2CCC(C(C)N)CC2)n(Cc2ccc(-c3ccccc3-c3nn[nH]n3)cc2)n1. The van der Waals surface area contributed by atoms with Crippen LogP contribution in [-0.2, 0) is 6.54 Å². The normalized spacial score (nSPS) is 19.8. The zero-order valence-corrected chi connectivity index (χ0v) is 21.4. The molecule has 1 fully saturated rings. The number of hydrogen-bond donors (Lipinski definition) is 2. The Kier molecular flexibility index (Phi) is 7.23. The Hall–Kier alpha value is -3.39. The molecule has 36 heavy (non-hydrogen) atoms. The third-order valence-corrected chi connectivity index (χ3v) is 7.76. The number of aromatic amines is 1.